The number of rotatable bonds is 4. The Balaban J connectivity index is 1.78. The smallest absolute Gasteiger partial charge is 0.279 e. The second kappa shape index (κ2) is 6.90. The monoisotopic (exact) mass is 362 g/mol. The fraction of sp³-hybridized carbons (Fsp3) is 0.0625. The number of phenolic OH excluding ortho intramolecular Hbond substituents is 1. The van der Waals surface area contributed by atoms with Crippen LogP contribution in [0.2, 0.25) is 10.2 Å². The van der Waals surface area contributed by atoms with Gasteiger partial charge in [0.25, 0.3) is 5.91 Å². The van der Waals surface area contributed by atoms with E-state index in [0.717, 1.165) is 5.56 Å². The van der Waals surface area contributed by atoms with Gasteiger partial charge in [0.15, 0.2) is 10.8 Å². The van der Waals surface area contributed by atoms with Crippen LogP contribution in [0.15, 0.2) is 48.5 Å². The summed E-state index contributed by atoms with van der Waals surface area (Å²) in [6.07, 6.45) is 0. The maximum atomic E-state index is 12.3. The van der Waals surface area contributed by atoms with E-state index in [9.17, 15) is 9.90 Å². The first kappa shape index (κ1) is 16.3. The van der Waals surface area contributed by atoms with Crippen molar-refractivity contribution in [2.75, 3.05) is 5.32 Å². The highest BCUT2D eigenvalue weighted by Crippen LogP contribution is 2.23. The Morgan fingerprint density at radius 1 is 1.12 bits per heavy atom. The number of anilines is 1. The van der Waals surface area contributed by atoms with E-state index in [4.69, 9.17) is 23.2 Å². The highest BCUT2D eigenvalue weighted by molar-refractivity contribution is 6.33. The molecule has 1 heterocycles. The van der Waals surface area contributed by atoms with Crippen molar-refractivity contribution in [1.29, 1.82) is 0 Å². The van der Waals surface area contributed by atoms with Gasteiger partial charge in [0.05, 0.1) is 12.2 Å². The predicted octanol–water partition coefficient (Wildman–Crippen LogP) is 3.59. The number of hydrogen-bond acceptors (Lipinski definition) is 4. The second-order valence-corrected chi connectivity index (χ2v) is 5.78. The van der Waals surface area contributed by atoms with Crippen molar-refractivity contribution in [3.8, 4) is 5.75 Å². The Kier molecular flexibility index (Phi) is 4.69. The molecule has 0 aliphatic heterocycles. The van der Waals surface area contributed by atoms with Crippen molar-refractivity contribution >= 4 is 34.8 Å². The van der Waals surface area contributed by atoms with E-state index in [2.05, 4.69) is 15.6 Å². The first-order valence-electron chi connectivity index (χ1n) is 6.97. The quantitative estimate of drug-likeness (QED) is 0.695. The molecule has 1 amide bonds. The number of para-hydroxylation sites is 2. The fourth-order valence-electron chi connectivity index (χ4n) is 2.07. The Labute approximate surface area is 147 Å². The van der Waals surface area contributed by atoms with Gasteiger partial charge in [0, 0.05) is 5.02 Å². The van der Waals surface area contributed by atoms with E-state index < -0.39 is 5.91 Å². The van der Waals surface area contributed by atoms with Gasteiger partial charge >= 0.3 is 0 Å². The van der Waals surface area contributed by atoms with Crippen molar-refractivity contribution in [2.24, 2.45) is 0 Å². The van der Waals surface area contributed by atoms with Gasteiger partial charge in [0.2, 0.25) is 0 Å². The number of carbonyl (C=O) groups excluding carboxylic acids is 1. The van der Waals surface area contributed by atoms with Gasteiger partial charge in [-0.2, -0.15) is 0 Å². The molecule has 0 fully saturated rings. The lowest BCUT2D eigenvalue weighted by molar-refractivity contribution is 0.102. The number of aromatic nitrogens is 3. The standard InChI is InChI=1S/C16H12Cl2N4O2/c17-11-7-5-10(6-8-11)9-22-15(18)14(20-21-22)16(24)19-12-3-1-2-4-13(12)23/h1-8,23H,9H2,(H,19,24). The summed E-state index contributed by atoms with van der Waals surface area (Å²) in [5.41, 5.74) is 1.17. The molecule has 3 aromatic rings. The van der Waals surface area contributed by atoms with Crippen LogP contribution < -0.4 is 5.32 Å². The van der Waals surface area contributed by atoms with Gasteiger partial charge in [-0.25, -0.2) is 4.68 Å². The molecule has 0 saturated heterocycles. The molecular formula is C16H12Cl2N4O2. The molecule has 1 aromatic heterocycles. The molecule has 122 valence electrons. The Morgan fingerprint density at radius 2 is 1.83 bits per heavy atom. The first-order chi connectivity index (χ1) is 11.5. The number of aromatic hydroxyl groups is 1. The summed E-state index contributed by atoms with van der Waals surface area (Å²) in [4.78, 5) is 12.3. The molecule has 8 heteroatoms. The normalized spacial score (nSPS) is 10.6. The van der Waals surface area contributed by atoms with E-state index in [1.165, 1.54) is 10.7 Å². The molecule has 2 aromatic carbocycles. The van der Waals surface area contributed by atoms with E-state index in [0.29, 0.717) is 11.6 Å². The minimum Gasteiger partial charge on any atom is -0.506 e. The van der Waals surface area contributed by atoms with Crippen molar-refractivity contribution < 1.29 is 9.90 Å². The third kappa shape index (κ3) is 3.50. The molecule has 0 atom stereocenters. The van der Waals surface area contributed by atoms with Gasteiger partial charge in [0.1, 0.15) is 5.75 Å². The molecule has 0 bridgehead atoms. The average molecular weight is 363 g/mol. The van der Waals surface area contributed by atoms with Crippen LogP contribution in [0, 0.1) is 0 Å². The highest BCUT2D eigenvalue weighted by Gasteiger charge is 2.19. The van der Waals surface area contributed by atoms with Crippen LogP contribution in [0.25, 0.3) is 0 Å². The summed E-state index contributed by atoms with van der Waals surface area (Å²) in [6.45, 7) is 0.354. The summed E-state index contributed by atoms with van der Waals surface area (Å²) in [5.74, 6) is -0.598. The van der Waals surface area contributed by atoms with Gasteiger partial charge in [-0.15, -0.1) is 5.10 Å². The molecule has 3 rings (SSSR count). The summed E-state index contributed by atoms with van der Waals surface area (Å²) < 4.78 is 1.41. The van der Waals surface area contributed by atoms with Crippen molar-refractivity contribution in [1.82, 2.24) is 15.0 Å². The Hall–Kier alpha value is -2.57. The number of benzene rings is 2. The molecule has 6 nitrogen and oxygen atoms in total. The van der Waals surface area contributed by atoms with Crippen LogP contribution in [-0.2, 0) is 6.54 Å². The van der Waals surface area contributed by atoms with Crippen LogP contribution in [0.5, 0.6) is 5.75 Å². The third-order valence-corrected chi connectivity index (χ3v) is 3.91. The van der Waals surface area contributed by atoms with Gasteiger partial charge in [-0.3, -0.25) is 4.79 Å². The largest absolute Gasteiger partial charge is 0.506 e. The molecule has 0 unspecified atom stereocenters. The molecule has 0 spiro atoms. The van der Waals surface area contributed by atoms with Crippen LogP contribution in [-0.4, -0.2) is 26.0 Å². The predicted molar refractivity (Wildman–Crippen MR) is 91.6 cm³/mol. The topological polar surface area (TPSA) is 80.0 Å². The SMILES string of the molecule is O=C(Nc1ccccc1O)c1nnn(Cc2ccc(Cl)cc2)c1Cl. The lowest BCUT2D eigenvalue weighted by Crippen LogP contribution is -2.13. The number of amides is 1. The molecular weight excluding hydrogens is 351 g/mol. The minimum atomic E-state index is -0.552. The van der Waals surface area contributed by atoms with Crippen LogP contribution in [0.1, 0.15) is 16.1 Å². The van der Waals surface area contributed by atoms with E-state index in [1.54, 1.807) is 30.3 Å². The third-order valence-electron chi connectivity index (χ3n) is 3.29. The number of halogens is 2. The summed E-state index contributed by atoms with van der Waals surface area (Å²) in [5, 5.41) is 20.7. The number of nitrogens with zero attached hydrogens (tertiary/aromatic N) is 3. The van der Waals surface area contributed by atoms with Crippen molar-refractivity contribution in [3.05, 3.63) is 70.0 Å². The van der Waals surface area contributed by atoms with E-state index >= 15 is 0 Å². The zero-order chi connectivity index (χ0) is 17.1. The highest BCUT2D eigenvalue weighted by atomic mass is 35.5. The lowest BCUT2D eigenvalue weighted by Gasteiger charge is -2.05. The zero-order valence-electron chi connectivity index (χ0n) is 12.3. The number of phenols is 1. The average Bonchev–Trinajstić information content (AvgIpc) is 2.93. The maximum Gasteiger partial charge on any atom is 0.279 e. The summed E-state index contributed by atoms with van der Waals surface area (Å²) in [6, 6.07) is 13.6. The molecule has 24 heavy (non-hydrogen) atoms. The minimum absolute atomic E-state index is 0.0196. The van der Waals surface area contributed by atoms with Crippen molar-refractivity contribution in [3.63, 3.8) is 0 Å². The lowest BCUT2D eigenvalue weighted by atomic mass is 10.2. The first-order valence-corrected chi connectivity index (χ1v) is 7.73. The number of nitrogens with one attached hydrogen (secondary N) is 1. The zero-order valence-corrected chi connectivity index (χ0v) is 13.8. The summed E-state index contributed by atoms with van der Waals surface area (Å²) >= 11 is 12.0. The Bertz CT molecular complexity index is 878. The van der Waals surface area contributed by atoms with Crippen molar-refractivity contribution in [2.45, 2.75) is 6.54 Å². The molecule has 0 aliphatic rings. The number of hydrogen-bond donors (Lipinski definition) is 2. The molecule has 0 aliphatic carbocycles. The summed E-state index contributed by atoms with van der Waals surface area (Å²) in [7, 11) is 0. The van der Waals surface area contributed by atoms with E-state index in [1.807, 2.05) is 12.1 Å². The van der Waals surface area contributed by atoms with Crippen LogP contribution in [0.4, 0.5) is 5.69 Å². The van der Waals surface area contributed by atoms with Gasteiger partial charge in [-0.05, 0) is 29.8 Å². The van der Waals surface area contributed by atoms with Gasteiger partial charge in [-0.1, -0.05) is 52.7 Å². The Morgan fingerprint density at radius 3 is 2.54 bits per heavy atom. The number of carbonyl (C=O) groups is 1. The van der Waals surface area contributed by atoms with Crippen LogP contribution in [0.3, 0.4) is 0 Å². The maximum absolute atomic E-state index is 12.3. The second-order valence-electron chi connectivity index (χ2n) is 4.98. The van der Waals surface area contributed by atoms with Gasteiger partial charge < -0.3 is 10.4 Å². The fourth-order valence-corrected chi connectivity index (χ4v) is 2.41. The molecule has 0 saturated carbocycles. The van der Waals surface area contributed by atoms with Crippen LogP contribution >= 0.6 is 23.2 Å². The molecule has 2 N–H and O–H groups in total. The molecule has 0 radical (unpaired) electrons. The van der Waals surface area contributed by atoms with E-state index in [-0.39, 0.29) is 22.3 Å².